The molecule has 1 aromatic carbocycles. The Hall–Kier alpha value is -2.08. The van der Waals surface area contributed by atoms with Crippen molar-refractivity contribution < 1.29 is 29.1 Å². The predicted octanol–water partition coefficient (Wildman–Crippen LogP) is 9.45. The zero-order chi connectivity index (χ0) is 26.1. The van der Waals surface area contributed by atoms with Crippen LogP contribution in [0.25, 0.3) is 0 Å². The van der Waals surface area contributed by atoms with Gasteiger partial charge < -0.3 is 4.74 Å². The lowest BCUT2D eigenvalue weighted by atomic mass is 10.0. The van der Waals surface area contributed by atoms with Crippen molar-refractivity contribution in [3.05, 3.63) is 35.4 Å². The molecule has 0 aliphatic carbocycles. The van der Waals surface area contributed by atoms with Crippen molar-refractivity contribution in [1.29, 1.82) is 0 Å². The summed E-state index contributed by atoms with van der Waals surface area (Å²) in [4.78, 5) is 32.2. The number of hydrogen-bond acceptors (Lipinski definition) is 6. The second-order valence-electron chi connectivity index (χ2n) is 9.72. The molecule has 0 saturated carbocycles. The summed E-state index contributed by atoms with van der Waals surface area (Å²) in [5.74, 6) is -0.734. The van der Waals surface area contributed by atoms with Gasteiger partial charge in [0.05, 0.1) is 17.2 Å². The number of ether oxygens (including phenoxy) is 1. The Morgan fingerprint density at radius 3 is 1.56 bits per heavy atom. The fourth-order valence-electron chi connectivity index (χ4n) is 4.14. The highest BCUT2D eigenvalue weighted by atomic mass is 17.5. The van der Waals surface area contributed by atoms with Crippen molar-refractivity contribution in [1.82, 2.24) is 0 Å². The van der Waals surface area contributed by atoms with Crippen molar-refractivity contribution in [3.63, 3.8) is 0 Å². The molecule has 206 valence electrons. The van der Waals surface area contributed by atoms with Gasteiger partial charge in [-0.15, -0.1) is 0 Å². The summed E-state index contributed by atoms with van der Waals surface area (Å²) in [6.45, 7) is 4.66. The van der Waals surface area contributed by atoms with E-state index in [1.54, 1.807) is 12.1 Å². The topological polar surface area (TPSA) is 71.1 Å². The summed E-state index contributed by atoms with van der Waals surface area (Å²) in [6, 6.07) is 7.07. The third-order valence-electron chi connectivity index (χ3n) is 6.44. The van der Waals surface area contributed by atoms with E-state index in [1.807, 2.05) is 12.1 Å². The van der Waals surface area contributed by atoms with Gasteiger partial charge in [0.25, 0.3) is 0 Å². The van der Waals surface area contributed by atoms with E-state index in [9.17, 15) is 9.59 Å². The van der Waals surface area contributed by atoms with Gasteiger partial charge in [0, 0.05) is 0 Å². The van der Waals surface area contributed by atoms with Gasteiger partial charge in [-0.25, -0.2) is 14.5 Å². The van der Waals surface area contributed by atoms with Crippen LogP contribution in [0.4, 0.5) is 4.79 Å². The van der Waals surface area contributed by atoms with Crippen LogP contribution in [0.5, 0.6) is 0 Å². The average Bonchev–Trinajstić information content (AvgIpc) is 2.89. The van der Waals surface area contributed by atoms with Crippen molar-refractivity contribution >= 4 is 12.1 Å². The van der Waals surface area contributed by atoms with Crippen molar-refractivity contribution in [2.24, 2.45) is 0 Å². The molecule has 0 heterocycles. The molecule has 0 unspecified atom stereocenters. The zero-order valence-corrected chi connectivity index (χ0v) is 22.9. The van der Waals surface area contributed by atoms with Gasteiger partial charge in [0.1, 0.15) is 0 Å². The summed E-state index contributed by atoms with van der Waals surface area (Å²) in [5, 5.41) is 4.27. The van der Waals surface area contributed by atoms with Crippen molar-refractivity contribution in [3.8, 4) is 0 Å². The fraction of sp³-hybridized carbons (Fsp3) is 0.733. The minimum atomic E-state index is -1.02. The Morgan fingerprint density at radius 1 is 0.583 bits per heavy atom. The van der Waals surface area contributed by atoms with Crippen LogP contribution >= 0.6 is 0 Å². The molecule has 0 spiro atoms. The molecule has 0 saturated heterocycles. The van der Waals surface area contributed by atoms with Gasteiger partial charge >= 0.3 is 12.1 Å². The molecule has 36 heavy (non-hydrogen) atoms. The van der Waals surface area contributed by atoms with Gasteiger partial charge in [-0.2, -0.15) is 0 Å². The number of carbonyl (C=O) groups excluding carboxylic acids is 2. The number of rotatable bonds is 23. The number of unbranched alkanes of at least 4 members (excludes halogenated alkanes) is 16. The van der Waals surface area contributed by atoms with Crippen LogP contribution < -0.4 is 0 Å². The summed E-state index contributed by atoms with van der Waals surface area (Å²) in [7, 11) is 0. The lowest BCUT2D eigenvalue weighted by molar-refractivity contribution is -0.452. The molecule has 1 rings (SSSR count). The maximum Gasteiger partial charge on any atom is 0.543 e. The first-order valence-corrected chi connectivity index (χ1v) is 14.5. The van der Waals surface area contributed by atoms with Crippen LogP contribution in [-0.2, 0) is 26.0 Å². The highest BCUT2D eigenvalue weighted by Gasteiger charge is 2.12. The minimum Gasteiger partial charge on any atom is -0.432 e. The second kappa shape index (κ2) is 23.3. The molecule has 0 aromatic heterocycles. The lowest BCUT2D eigenvalue weighted by Gasteiger charge is -2.05. The third kappa shape index (κ3) is 18.2. The quantitative estimate of drug-likeness (QED) is 0.0637. The van der Waals surface area contributed by atoms with E-state index >= 15 is 0 Å². The number of hydrogen-bond donors (Lipinski definition) is 0. The molecular weight excluding hydrogens is 456 g/mol. The van der Waals surface area contributed by atoms with Crippen LogP contribution in [0.15, 0.2) is 24.3 Å². The monoisotopic (exact) mass is 506 g/mol. The maximum atomic E-state index is 11.9. The van der Waals surface area contributed by atoms with E-state index in [-0.39, 0.29) is 6.61 Å². The smallest absolute Gasteiger partial charge is 0.432 e. The van der Waals surface area contributed by atoms with Crippen LogP contribution in [0, 0.1) is 0 Å². The number of aryl methyl sites for hydroxylation is 1. The van der Waals surface area contributed by atoms with Crippen molar-refractivity contribution in [2.45, 2.75) is 136 Å². The SMILES string of the molecule is CCCCCCCCCCCCCCCCCCOC(=O)OOOC(=O)c1ccc(CCCC)cc1. The summed E-state index contributed by atoms with van der Waals surface area (Å²) in [5.41, 5.74) is 1.48. The highest BCUT2D eigenvalue weighted by molar-refractivity contribution is 5.88. The molecule has 0 bridgehead atoms. The number of benzene rings is 1. The summed E-state index contributed by atoms with van der Waals surface area (Å²) < 4.78 is 4.92. The molecule has 0 fully saturated rings. The molecule has 0 amide bonds. The lowest BCUT2D eigenvalue weighted by Crippen LogP contribution is -2.12. The summed E-state index contributed by atoms with van der Waals surface area (Å²) in [6.07, 6.45) is 22.8. The Balaban J connectivity index is 1.87. The summed E-state index contributed by atoms with van der Waals surface area (Å²) >= 11 is 0. The molecule has 0 N–H and O–H groups in total. The molecule has 6 heteroatoms. The average molecular weight is 507 g/mol. The molecule has 0 radical (unpaired) electrons. The zero-order valence-electron chi connectivity index (χ0n) is 22.9. The van der Waals surface area contributed by atoms with E-state index in [0.29, 0.717) is 5.56 Å². The van der Waals surface area contributed by atoms with Crippen LogP contribution in [-0.4, -0.2) is 18.7 Å². The van der Waals surface area contributed by atoms with Crippen LogP contribution in [0.2, 0.25) is 0 Å². The first-order chi connectivity index (χ1) is 17.7. The van der Waals surface area contributed by atoms with E-state index in [1.165, 1.54) is 83.5 Å². The van der Waals surface area contributed by atoms with Gasteiger partial charge in [0.15, 0.2) is 0 Å². The largest absolute Gasteiger partial charge is 0.543 e. The third-order valence-corrected chi connectivity index (χ3v) is 6.44. The second-order valence-corrected chi connectivity index (χ2v) is 9.72. The van der Waals surface area contributed by atoms with E-state index in [0.717, 1.165) is 44.1 Å². The first kappa shape index (κ1) is 31.9. The molecule has 0 aliphatic rings. The van der Waals surface area contributed by atoms with Crippen molar-refractivity contribution in [2.75, 3.05) is 6.61 Å². The van der Waals surface area contributed by atoms with Gasteiger partial charge in [-0.1, -0.05) is 129 Å². The molecule has 1 aromatic rings. The minimum absolute atomic E-state index is 0.258. The maximum absolute atomic E-state index is 11.9. The van der Waals surface area contributed by atoms with Gasteiger partial charge in [0.2, 0.25) is 0 Å². The van der Waals surface area contributed by atoms with Gasteiger partial charge in [-0.05, 0) is 37.0 Å². The Morgan fingerprint density at radius 2 is 1.06 bits per heavy atom. The Bertz CT molecular complexity index is 658. The highest BCUT2D eigenvalue weighted by Crippen LogP contribution is 2.14. The first-order valence-electron chi connectivity index (χ1n) is 14.5. The van der Waals surface area contributed by atoms with E-state index in [2.05, 4.69) is 28.7 Å². The molecule has 6 nitrogen and oxygen atoms in total. The standard InChI is InChI=1S/C30H50O6/c1-3-5-7-8-9-10-11-12-13-14-15-16-17-18-19-20-26-33-30(32)35-36-34-29(31)28-24-22-27(23-25-28)21-6-4-2/h22-25H,3-21,26H2,1-2H3. The normalized spacial score (nSPS) is 10.8. The number of carbonyl (C=O) groups is 2. The van der Waals surface area contributed by atoms with Crippen LogP contribution in [0.3, 0.4) is 0 Å². The fourth-order valence-corrected chi connectivity index (χ4v) is 4.14. The Labute approximate surface area is 219 Å². The van der Waals surface area contributed by atoms with E-state index < -0.39 is 12.1 Å². The molecule has 0 atom stereocenters. The molecule has 0 aliphatic heterocycles. The Kier molecular flexibility index (Phi) is 20.7. The van der Waals surface area contributed by atoms with Crippen LogP contribution in [0.1, 0.15) is 145 Å². The van der Waals surface area contributed by atoms with E-state index in [4.69, 9.17) is 4.74 Å². The molecular formula is C30H50O6. The predicted molar refractivity (Wildman–Crippen MR) is 144 cm³/mol. The van der Waals surface area contributed by atoms with Gasteiger partial charge in [-0.3, -0.25) is 4.89 Å².